The minimum absolute atomic E-state index is 0.0264. The van der Waals surface area contributed by atoms with E-state index in [-0.39, 0.29) is 30.1 Å². The Balaban J connectivity index is 1.87. The van der Waals surface area contributed by atoms with Crippen LogP contribution in [0.1, 0.15) is 24.0 Å². The van der Waals surface area contributed by atoms with Crippen LogP contribution in [0.3, 0.4) is 0 Å². The van der Waals surface area contributed by atoms with Gasteiger partial charge in [0.25, 0.3) is 5.69 Å². The van der Waals surface area contributed by atoms with Crippen LogP contribution in [0.15, 0.2) is 36.4 Å². The molecule has 0 heterocycles. The number of aliphatic hydroxyl groups excluding tert-OH is 1. The van der Waals surface area contributed by atoms with Crippen molar-refractivity contribution in [1.29, 1.82) is 0 Å². The van der Waals surface area contributed by atoms with E-state index in [1.54, 1.807) is 0 Å². The fourth-order valence-corrected chi connectivity index (χ4v) is 2.92. The number of aliphatic hydroxyl groups is 1. The van der Waals surface area contributed by atoms with E-state index in [2.05, 4.69) is 5.32 Å². The van der Waals surface area contributed by atoms with Gasteiger partial charge < -0.3 is 10.4 Å². The Morgan fingerprint density at radius 2 is 1.88 bits per heavy atom. The summed E-state index contributed by atoms with van der Waals surface area (Å²) in [4.78, 5) is 10.6. The highest BCUT2D eigenvalue weighted by Gasteiger charge is 2.47. The zero-order valence-electron chi connectivity index (χ0n) is 12.8. The lowest BCUT2D eigenvalue weighted by molar-refractivity contribution is -0.384. The van der Waals surface area contributed by atoms with Crippen LogP contribution in [0.25, 0.3) is 0 Å². The third-order valence-electron chi connectivity index (χ3n) is 4.40. The number of nitro benzene ring substituents is 1. The van der Waals surface area contributed by atoms with Crippen LogP contribution in [-0.4, -0.2) is 16.6 Å². The molecule has 5 nitrogen and oxygen atoms in total. The Labute approximate surface area is 137 Å². The summed E-state index contributed by atoms with van der Waals surface area (Å²) in [7, 11) is 0. The number of nitrogens with zero attached hydrogens (tertiary/aromatic N) is 1. The molecule has 0 atom stereocenters. The second-order valence-electron chi connectivity index (χ2n) is 6.00. The first-order chi connectivity index (χ1) is 11.5. The van der Waals surface area contributed by atoms with Gasteiger partial charge in [0.1, 0.15) is 17.3 Å². The van der Waals surface area contributed by atoms with Gasteiger partial charge in [0, 0.05) is 23.6 Å². The highest BCUT2D eigenvalue weighted by atomic mass is 19.1. The Kier molecular flexibility index (Phi) is 4.19. The van der Waals surface area contributed by atoms with Gasteiger partial charge in [-0.05, 0) is 42.7 Å². The first-order valence-corrected chi connectivity index (χ1v) is 7.53. The Morgan fingerprint density at radius 3 is 2.42 bits per heavy atom. The van der Waals surface area contributed by atoms with Gasteiger partial charge in [0.2, 0.25) is 0 Å². The first kappa shape index (κ1) is 16.3. The Hall–Kier alpha value is -2.54. The lowest BCUT2D eigenvalue weighted by Crippen LogP contribution is -2.23. The van der Waals surface area contributed by atoms with Gasteiger partial charge in [-0.2, -0.15) is 0 Å². The third-order valence-corrected chi connectivity index (χ3v) is 4.40. The normalized spacial score (nSPS) is 15.1. The van der Waals surface area contributed by atoms with E-state index in [0.29, 0.717) is 18.4 Å². The average Bonchev–Trinajstić information content (AvgIpc) is 3.33. The zero-order chi connectivity index (χ0) is 17.3. The molecule has 0 amide bonds. The van der Waals surface area contributed by atoms with Crippen molar-refractivity contribution < 1.29 is 18.8 Å². The molecule has 2 N–H and O–H groups in total. The Bertz CT molecular complexity index is 771. The fraction of sp³-hybridized carbons (Fsp3) is 0.294. The highest BCUT2D eigenvalue weighted by molar-refractivity contribution is 5.63. The van der Waals surface area contributed by atoms with Crippen LogP contribution in [0.2, 0.25) is 0 Å². The molecule has 1 saturated carbocycles. The Morgan fingerprint density at radius 1 is 1.21 bits per heavy atom. The van der Waals surface area contributed by atoms with Crippen LogP contribution in [-0.2, 0) is 12.0 Å². The molecule has 0 unspecified atom stereocenters. The van der Waals surface area contributed by atoms with Gasteiger partial charge in [0.05, 0.1) is 11.5 Å². The maximum absolute atomic E-state index is 14.0. The maximum atomic E-state index is 14.0. The number of nitrogens with one attached hydrogen (secondary N) is 1. The lowest BCUT2D eigenvalue weighted by Gasteiger charge is -2.19. The summed E-state index contributed by atoms with van der Waals surface area (Å²) in [6.45, 7) is -0.0691. The van der Waals surface area contributed by atoms with Crippen molar-refractivity contribution in [3.05, 3.63) is 69.3 Å². The molecule has 2 aromatic rings. The second kappa shape index (κ2) is 6.16. The minimum Gasteiger partial charge on any atom is -0.392 e. The molecule has 1 aliphatic rings. The molecule has 7 heteroatoms. The van der Waals surface area contributed by atoms with E-state index in [1.165, 1.54) is 36.4 Å². The standard InChI is InChI=1S/C17H16F2N2O3/c18-12-2-1-3-13(19)16(12)17(6-7-17)10-20-14-8-11(9-22)4-5-15(14)21(23)24/h1-5,8,20,22H,6-7,9-10H2. The van der Waals surface area contributed by atoms with Crippen LogP contribution in [0, 0.1) is 21.7 Å². The molecule has 0 aromatic heterocycles. The number of hydrogen-bond acceptors (Lipinski definition) is 4. The quantitative estimate of drug-likeness (QED) is 0.626. The third kappa shape index (κ3) is 2.94. The molecule has 24 heavy (non-hydrogen) atoms. The number of hydrogen-bond donors (Lipinski definition) is 2. The van der Waals surface area contributed by atoms with E-state index in [1.807, 2.05) is 0 Å². The van der Waals surface area contributed by atoms with E-state index >= 15 is 0 Å². The van der Waals surface area contributed by atoms with E-state index in [4.69, 9.17) is 0 Å². The van der Waals surface area contributed by atoms with Gasteiger partial charge in [-0.1, -0.05) is 6.07 Å². The van der Waals surface area contributed by atoms with Crippen LogP contribution in [0.5, 0.6) is 0 Å². The molecule has 3 rings (SSSR count). The minimum atomic E-state index is -0.696. The van der Waals surface area contributed by atoms with E-state index in [0.717, 1.165) is 0 Å². The second-order valence-corrected chi connectivity index (χ2v) is 6.00. The highest BCUT2D eigenvalue weighted by Crippen LogP contribution is 2.50. The van der Waals surface area contributed by atoms with Gasteiger partial charge in [-0.3, -0.25) is 10.1 Å². The van der Waals surface area contributed by atoms with Crippen molar-refractivity contribution >= 4 is 11.4 Å². The monoisotopic (exact) mass is 334 g/mol. The van der Waals surface area contributed by atoms with Crippen molar-refractivity contribution in [2.75, 3.05) is 11.9 Å². The predicted octanol–water partition coefficient (Wildman–Crippen LogP) is 3.51. The van der Waals surface area contributed by atoms with Crippen molar-refractivity contribution in [2.24, 2.45) is 0 Å². The SMILES string of the molecule is O=[N+]([O-])c1ccc(CO)cc1NCC1(c2c(F)cccc2F)CC1. The van der Waals surface area contributed by atoms with Crippen LogP contribution < -0.4 is 5.32 Å². The van der Waals surface area contributed by atoms with Crippen molar-refractivity contribution in [3.8, 4) is 0 Å². The van der Waals surface area contributed by atoms with Gasteiger partial charge in [0.15, 0.2) is 0 Å². The van der Waals surface area contributed by atoms with Crippen LogP contribution >= 0.6 is 0 Å². The molecule has 0 aliphatic heterocycles. The number of benzene rings is 2. The molecule has 126 valence electrons. The molecule has 0 bridgehead atoms. The summed E-state index contributed by atoms with van der Waals surface area (Å²) >= 11 is 0. The number of rotatable bonds is 6. The van der Waals surface area contributed by atoms with E-state index < -0.39 is 22.0 Å². The maximum Gasteiger partial charge on any atom is 0.292 e. The number of nitro groups is 1. The summed E-state index contributed by atoms with van der Waals surface area (Å²) in [5.41, 5.74) is -0.0616. The molecule has 0 saturated heterocycles. The molecule has 0 spiro atoms. The van der Waals surface area contributed by atoms with Crippen molar-refractivity contribution in [2.45, 2.75) is 24.9 Å². The molecule has 1 fully saturated rings. The number of halogens is 2. The van der Waals surface area contributed by atoms with Crippen molar-refractivity contribution in [3.63, 3.8) is 0 Å². The summed E-state index contributed by atoms with van der Waals surface area (Å²) in [6, 6.07) is 7.99. The van der Waals surface area contributed by atoms with Crippen molar-refractivity contribution in [1.82, 2.24) is 0 Å². The summed E-state index contributed by atoms with van der Waals surface area (Å²) < 4.78 is 28.1. The molecular weight excluding hydrogens is 318 g/mol. The number of anilines is 1. The topological polar surface area (TPSA) is 75.4 Å². The molecule has 2 aromatic carbocycles. The van der Waals surface area contributed by atoms with Crippen LogP contribution in [0.4, 0.5) is 20.2 Å². The van der Waals surface area contributed by atoms with Gasteiger partial charge >= 0.3 is 0 Å². The summed E-state index contributed by atoms with van der Waals surface area (Å²) in [6.07, 6.45) is 1.21. The molecule has 1 aliphatic carbocycles. The zero-order valence-corrected chi connectivity index (χ0v) is 12.8. The van der Waals surface area contributed by atoms with Gasteiger partial charge in [-0.25, -0.2) is 8.78 Å². The largest absolute Gasteiger partial charge is 0.392 e. The first-order valence-electron chi connectivity index (χ1n) is 7.53. The predicted molar refractivity (Wildman–Crippen MR) is 84.8 cm³/mol. The molecule has 0 radical (unpaired) electrons. The summed E-state index contributed by atoms with van der Waals surface area (Å²) in [5.74, 6) is -1.21. The van der Waals surface area contributed by atoms with Gasteiger partial charge in [-0.15, -0.1) is 0 Å². The molecular formula is C17H16F2N2O3. The fourth-order valence-electron chi connectivity index (χ4n) is 2.92. The lowest BCUT2D eigenvalue weighted by atomic mass is 9.94. The van der Waals surface area contributed by atoms with E-state index in [9.17, 15) is 24.0 Å². The summed E-state index contributed by atoms with van der Waals surface area (Å²) in [5, 5.41) is 23.2. The average molecular weight is 334 g/mol. The smallest absolute Gasteiger partial charge is 0.292 e.